The molecule has 0 saturated carbocycles. The molecule has 1 unspecified atom stereocenters. The van der Waals surface area contributed by atoms with Crippen LogP contribution in [0.2, 0.25) is 0 Å². The Kier molecular flexibility index (Phi) is 7.12. The van der Waals surface area contributed by atoms with Gasteiger partial charge in [-0.2, -0.15) is 0 Å². The van der Waals surface area contributed by atoms with Crippen LogP contribution in [0, 0.1) is 11.6 Å². The van der Waals surface area contributed by atoms with Crippen molar-refractivity contribution in [2.45, 2.75) is 30.7 Å². The molecule has 0 fully saturated rings. The lowest BCUT2D eigenvalue weighted by Gasteiger charge is -2.25. The zero-order chi connectivity index (χ0) is 20.9. The van der Waals surface area contributed by atoms with Crippen molar-refractivity contribution in [3.05, 3.63) is 59.7 Å². The van der Waals surface area contributed by atoms with Gasteiger partial charge in [-0.25, -0.2) is 17.2 Å². The number of ether oxygens (including phenoxy) is 1. The minimum absolute atomic E-state index is 0.145. The number of sulfone groups is 1. The Morgan fingerprint density at radius 3 is 2.32 bits per heavy atom. The molecule has 1 amide bonds. The summed E-state index contributed by atoms with van der Waals surface area (Å²) in [5.41, 5.74) is 0.511. The predicted molar refractivity (Wildman–Crippen MR) is 102 cm³/mol. The average Bonchev–Trinajstić information content (AvgIpc) is 2.65. The van der Waals surface area contributed by atoms with Gasteiger partial charge in [-0.15, -0.1) is 0 Å². The molecular weight excluding hydrogens is 388 g/mol. The lowest BCUT2D eigenvalue weighted by molar-refractivity contribution is -0.132. The molecule has 0 aliphatic heterocycles. The number of hydrogen-bond acceptors (Lipinski definition) is 4. The van der Waals surface area contributed by atoms with Crippen LogP contribution in [0.5, 0.6) is 5.75 Å². The van der Waals surface area contributed by atoms with Gasteiger partial charge in [-0.1, -0.05) is 6.07 Å². The highest BCUT2D eigenvalue weighted by atomic mass is 32.2. The molecule has 152 valence electrons. The fraction of sp³-hybridized carbons (Fsp3) is 0.350. The summed E-state index contributed by atoms with van der Waals surface area (Å²) in [4.78, 5) is 14.0. The van der Waals surface area contributed by atoms with E-state index >= 15 is 0 Å². The van der Waals surface area contributed by atoms with Gasteiger partial charge in [0, 0.05) is 19.7 Å². The number of carbonyl (C=O) groups excluding carboxylic acids is 1. The molecule has 0 aromatic heterocycles. The van der Waals surface area contributed by atoms with Gasteiger partial charge < -0.3 is 9.64 Å². The van der Waals surface area contributed by atoms with Crippen molar-refractivity contribution in [3.8, 4) is 5.75 Å². The maximum atomic E-state index is 13.4. The molecule has 1 atom stereocenters. The number of hydrogen-bond donors (Lipinski definition) is 0. The Morgan fingerprint density at radius 1 is 1.11 bits per heavy atom. The van der Waals surface area contributed by atoms with E-state index in [-0.39, 0.29) is 23.8 Å². The van der Waals surface area contributed by atoms with Gasteiger partial charge in [-0.05, 0) is 55.3 Å². The van der Waals surface area contributed by atoms with Gasteiger partial charge in [0.2, 0.25) is 5.91 Å². The molecule has 0 bridgehead atoms. The third-order valence-corrected chi connectivity index (χ3v) is 5.58. The third kappa shape index (κ3) is 5.76. The quantitative estimate of drug-likeness (QED) is 0.621. The van der Waals surface area contributed by atoms with Crippen molar-refractivity contribution in [1.82, 2.24) is 4.90 Å². The number of benzene rings is 2. The summed E-state index contributed by atoms with van der Waals surface area (Å²) in [5.74, 6) is -1.50. The Balaban J connectivity index is 1.82. The van der Waals surface area contributed by atoms with E-state index in [1.54, 1.807) is 26.1 Å². The second-order valence-corrected chi connectivity index (χ2v) is 8.57. The monoisotopic (exact) mass is 411 g/mol. The molecular formula is C20H23F2NO4S. The van der Waals surface area contributed by atoms with Crippen LogP contribution in [0.4, 0.5) is 8.78 Å². The lowest BCUT2D eigenvalue weighted by atomic mass is 10.1. The van der Waals surface area contributed by atoms with Crippen LogP contribution in [0.1, 0.15) is 31.4 Å². The number of amides is 1. The summed E-state index contributed by atoms with van der Waals surface area (Å²) in [5, 5.41) is 0. The smallest absolute Gasteiger partial charge is 0.222 e. The Morgan fingerprint density at radius 2 is 1.75 bits per heavy atom. The summed E-state index contributed by atoms with van der Waals surface area (Å²) < 4.78 is 54.8. The van der Waals surface area contributed by atoms with Crippen molar-refractivity contribution < 1.29 is 26.7 Å². The van der Waals surface area contributed by atoms with Crippen molar-refractivity contribution in [2.75, 3.05) is 19.9 Å². The number of halogens is 2. The van der Waals surface area contributed by atoms with Gasteiger partial charge >= 0.3 is 0 Å². The molecule has 8 heteroatoms. The zero-order valence-electron chi connectivity index (χ0n) is 16.0. The van der Waals surface area contributed by atoms with Gasteiger partial charge in [0.25, 0.3) is 0 Å². The van der Waals surface area contributed by atoms with Crippen molar-refractivity contribution in [3.63, 3.8) is 0 Å². The fourth-order valence-electron chi connectivity index (χ4n) is 2.58. The summed E-state index contributed by atoms with van der Waals surface area (Å²) >= 11 is 0. The first-order valence-corrected chi connectivity index (χ1v) is 10.6. The van der Waals surface area contributed by atoms with Crippen molar-refractivity contribution in [1.29, 1.82) is 0 Å². The summed E-state index contributed by atoms with van der Waals surface area (Å²) in [6.45, 7) is 2.03. The molecule has 0 saturated heterocycles. The van der Waals surface area contributed by atoms with Crippen LogP contribution < -0.4 is 4.74 Å². The summed E-state index contributed by atoms with van der Waals surface area (Å²) in [6.07, 6.45) is 1.82. The molecule has 0 aliphatic carbocycles. The first-order valence-electron chi connectivity index (χ1n) is 8.73. The first-order chi connectivity index (χ1) is 13.1. The highest BCUT2D eigenvalue weighted by molar-refractivity contribution is 7.90. The molecule has 2 rings (SSSR count). The van der Waals surface area contributed by atoms with E-state index in [1.165, 1.54) is 23.1 Å². The molecule has 2 aromatic carbocycles. The molecule has 0 spiro atoms. The highest BCUT2D eigenvalue weighted by Gasteiger charge is 2.18. The molecule has 0 heterocycles. The average molecular weight is 411 g/mol. The third-order valence-electron chi connectivity index (χ3n) is 4.46. The second kappa shape index (κ2) is 9.14. The fourth-order valence-corrected chi connectivity index (χ4v) is 3.22. The first kappa shape index (κ1) is 21.8. The minimum atomic E-state index is -3.25. The van der Waals surface area contributed by atoms with Gasteiger partial charge in [-0.3, -0.25) is 4.79 Å². The van der Waals surface area contributed by atoms with Gasteiger partial charge in [0.1, 0.15) is 5.75 Å². The van der Waals surface area contributed by atoms with Crippen LogP contribution in [0.15, 0.2) is 47.4 Å². The van der Waals surface area contributed by atoms with Crippen LogP contribution in [0.3, 0.4) is 0 Å². The van der Waals surface area contributed by atoms with Gasteiger partial charge in [0.15, 0.2) is 21.5 Å². The molecule has 0 N–H and O–H groups in total. The number of carbonyl (C=O) groups is 1. The van der Waals surface area contributed by atoms with E-state index in [1.807, 2.05) is 0 Å². The largest absolute Gasteiger partial charge is 0.494 e. The molecule has 2 aromatic rings. The lowest BCUT2D eigenvalue weighted by Crippen LogP contribution is -2.29. The number of rotatable bonds is 8. The highest BCUT2D eigenvalue weighted by Crippen LogP contribution is 2.22. The normalized spacial score (nSPS) is 12.5. The molecule has 28 heavy (non-hydrogen) atoms. The Labute approximate surface area is 163 Å². The van der Waals surface area contributed by atoms with Crippen LogP contribution in [-0.4, -0.2) is 39.1 Å². The summed E-state index contributed by atoms with van der Waals surface area (Å²) in [7, 11) is -1.64. The molecule has 5 nitrogen and oxygen atoms in total. The van der Waals surface area contributed by atoms with E-state index in [2.05, 4.69) is 0 Å². The van der Waals surface area contributed by atoms with Crippen LogP contribution >= 0.6 is 0 Å². The topological polar surface area (TPSA) is 63.7 Å². The van der Waals surface area contributed by atoms with Gasteiger partial charge in [0.05, 0.1) is 17.5 Å². The standard InChI is InChI=1S/C20H23F2NO4S/c1-14(15-6-11-18(21)19(22)13-15)23(2)20(24)5-4-12-27-16-7-9-17(10-8-16)28(3,25)26/h6-11,13-14H,4-5,12H2,1-3H3. The molecule has 0 aliphatic rings. The van der Waals surface area contributed by atoms with E-state index in [9.17, 15) is 22.0 Å². The second-order valence-electron chi connectivity index (χ2n) is 6.55. The van der Waals surface area contributed by atoms with E-state index in [0.29, 0.717) is 17.7 Å². The Bertz CT molecular complexity index is 930. The van der Waals surface area contributed by atoms with Crippen molar-refractivity contribution >= 4 is 15.7 Å². The molecule has 0 radical (unpaired) electrons. The Hall–Kier alpha value is -2.48. The van der Waals surface area contributed by atoms with Crippen LogP contribution in [0.25, 0.3) is 0 Å². The summed E-state index contributed by atoms with van der Waals surface area (Å²) in [6, 6.07) is 9.25. The minimum Gasteiger partial charge on any atom is -0.494 e. The van der Waals surface area contributed by atoms with E-state index in [0.717, 1.165) is 18.4 Å². The maximum Gasteiger partial charge on any atom is 0.222 e. The van der Waals surface area contributed by atoms with Crippen molar-refractivity contribution in [2.24, 2.45) is 0 Å². The SMILES string of the molecule is CC(c1ccc(F)c(F)c1)N(C)C(=O)CCCOc1ccc(S(C)(=O)=O)cc1. The van der Waals surface area contributed by atoms with E-state index in [4.69, 9.17) is 4.74 Å². The van der Waals surface area contributed by atoms with Crippen LogP contribution in [-0.2, 0) is 14.6 Å². The predicted octanol–water partition coefficient (Wildman–Crippen LogP) is 3.75. The maximum absolute atomic E-state index is 13.4. The van der Waals surface area contributed by atoms with E-state index < -0.39 is 27.5 Å². The number of nitrogens with zero attached hydrogens (tertiary/aromatic N) is 1. The zero-order valence-corrected chi connectivity index (χ0v) is 16.8.